The van der Waals surface area contributed by atoms with Crippen molar-refractivity contribution in [3.05, 3.63) is 83.9 Å². The lowest BCUT2D eigenvalue weighted by atomic mass is 10.1. The minimum Gasteiger partial charge on any atom is -0.491 e. The molecule has 30 heavy (non-hydrogen) atoms. The molecule has 0 radical (unpaired) electrons. The maximum atomic E-state index is 13.3. The molecule has 0 bridgehead atoms. The maximum absolute atomic E-state index is 13.3. The van der Waals surface area contributed by atoms with E-state index < -0.39 is 6.10 Å². The largest absolute Gasteiger partial charge is 0.491 e. The number of ether oxygens (including phenoxy) is 1. The molecule has 5 nitrogen and oxygen atoms in total. The number of aliphatic hydroxyl groups is 1. The van der Waals surface area contributed by atoms with E-state index in [-0.39, 0.29) is 18.2 Å². The third-order valence-corrected chi connectivity index (χ3v) is 4.63. The predicted molar refractivity (Wildman–Crippen MR) is 109 cm³/mol. The second kappa shape index (κ2) is 9.02. The minimum atomic E-state index is -0.695. The Hall–Kier alpha value is -3.29. The number of halogens is 2. The number of rotatable bonds is 8. The lowest BCUT2D eigenvalue weighted by Gasteiger charge is -2.13. The number of benzene rings is 3. The molecule has 0 saturated heterocycles. The number of nitrogens with one attached hydrogen (secondary N) is 1. The molecule has 0 aliphatic rings. The summed E-state index contributed by atoms with van der Waals surface area (Å²) in [7, 11) is 0. The van der Waals surface area contributed by atoms with E-state index in [1.807, 2.05) is 12.1 Å². The third-order valence-electron chi connectivity index (χ3n) is 4.63. The molecular formula is C23H20F2N2O3. The van der Waals surface area contributed by atoms with Crippen molar-refractivity contribution in [1.29, 1.82) is 0 Å². The Morgan fingerprint density at radius 1 is 0.967 bits per heavy atom. The lowest BCUT2D eigenvalue weighted by molar-refractivity contribution is 0.106. The molecule has 4 aromatic rings. The van der Waals surface area contributed by atoms with Crippen LogP contribution < -0.4 is 10.1 Å². The average molecular weight is 410 g/mol. The monoisotopic (exact) mass is 410 g/mol. The summed E-state index contributed by atoms with van der Waals surface area (Å²) in [4.78, 5) is 0. The zero-order valence-corrected chi connectivity index (χ0v) is 16.0. The SMILES string of the molecule is O[C@H](CNCc1ccc(F)cc1)COc1ccc(-c2noc3cc(F)ccc23)cc1. The summed E-state index contributed by atoms with van der Waals surface area (Å²) in [5.41, 5.74) is 2.76. The van der Waals surface area contributed by atoms with E-state index in [1.165, 1.54) is 24.3 Å². The van der Waals surface area contributed by atoms with Crippen LogP contribution in [0.1, 0.15) is 5.56 Å². The molecule has 1 atom stereocenters. The van der Waals surface area contributed by atoms with Gasteiger partial charge < -0.3 is 19.7 Å². The molecule has 0 aliphatic carbocycles. The summed E-state index contributed by atoms with van der Waals surface area (Å²) in [5, 5.41) is 17.9. The van der Waals surface area contributed by atoms with Crippen molar-refractivity contribution >= 4 is 11.0 Å². The molecular weight excluding hydrogens is 390 g/mol. The van der Waals surface area contributed by atoms with Crippen LogP contribution in [0.3, 0.4) is 0 Å². The highest BCUT2D eigenvalue weighted by atomic mass is 19.1. The molecule has 0 unspecified atom stereocenters. The van der Waals surface area contributed by atoms with E-state index in [2.05, 4.69) is 10.5 Å². The van der Waals surface area contributed by atoms with E-state index in [0.717, 1.165) is 16.5 Å². The van der Waals surface area contributed by atoms with Gasteiger partial charge in [0.2, 0.25) is 0 Å². The van der Waals surface area contributed by atoms with Gasteiger partial charge in [-0.15, -0.1) is 0 Å². The number of hydrogen-bond donors (Lipinski definition) is 2. The Morgan fingerprint density at radius 3 is 2.47 bits per heavy atom. The normalized spacial score (nSPS) is 12.2. The van der Waals surface area contributed by atoms with E-state index >= 15 is 0 Å². The molecule has 0 amide bonds. The van der Waals surface area contributed by atoms with Crippen molar-refractivity contribution in [2.75, 3.05) is 13.2 Å². The first kappa shape index (κ1) is 20.0. The average Bonchev–Trinajstić information content (AvgIpc) is 3.17. The number of aliphatic hydroxyl groups excluding tert-OH is 1. The van der Waals surface area contributed by atoms with Crippen LogP contribution in [0.25, 0.3) is 22.2 Å². The second-order valence-electron chi connectivity index (χ2n) is 6.92. The number of aromatic nitrogens is 1. The van der Waals surface area contributed by atoms with Crippen molar-refractivity contribution in [2.24, 2.45) is 0 Å². The molecule has 3 aromatic carbocycles. The summed E-state index contributed by atoms with van der Waals surface area (Å²) >= 11 is 0. The summed E-state index contributed by atoms with van der Waals surface area (Å²) < 4.78 is 37.0. The van der Waals surface area contributed by atoms with Crippen LogP contribution in [0.5, 0.6) is 5.75 Å². The first-order valence-corrected chi connectivity index (χ1v) is 9.50. The highest BCUT2D eigenvalue weighted by Crippen LogP contribution is 2.29. The van der Waals surface area contributed by atoms with Gasteiger partial charge in [0.25, 0.3) is 0 Å². The molecule has 1 heterocycles. The van der Waals surface area contributed by atoms with Gasteiger partial charge in [0.15, 0.2) is 5.58 Å². The molecule has 0 fully saturated rings. The summed E-state index contributed by atoms with van der Waals surface area (Å²) in [6, 6.07) is 17.7. The molecule has 4 rings (SSSR count). The smallest absolute Gasteiger partial charge is 0.170 e. The Labute approximate surface area is 171 Å². The van der Waals surface area contributed by atoms with Gasteiger partial charge in [-0.1, -0.05) is 17.3 Å². The molecule has 0 saturated carbocycles. The highest BCUT2D eigenvalue weighted by molar-refractivity contribution is 5.91. The Morgan fingerprint density at radius 2 is 1.70 bits per heavy atom. The predicted octanol–water partition coefficient (Wildman–Crippen LogP) is 4.30. The quantitative estimate of drug-likeness (QED) is 0.453. The molecule has 2 N–H and O–H groups in total. The van der Waals surface area contributed by atoms with Crippen LogP contribution in [-0.4, -0.2) is 29.5 Å². The van der Waals surface area contributed by atoms with Gasteiger partial charge in [-0.2, -0.15) is 0 Å². The van der Waals surface area contributed by atoms with Gasteiger partial charge in [-0.25, -0.2) is 8.78 Å². The maximum Gasteiger partial charge on any atom is 0.170 e. The van der Waals surface area contributed by atoms with Crippen LogP contribution in [0.2, 0.25) is 0 Å². The fourth-order valence-corrected chi connectivity index (χ4v) is 3.07. The summed E-state index contributed by atoms with van der Waals surface area (Å²) in [6.07, 6.45) is -0.695. The van der Waals surface area contributed by atoms with Crippen molar-refractivity contribution in [3.63, 3.8) is 0 Å². The zero-order valence-electron chi connectivity index (χ0n) is 16.0. The van der Waals surface area contributed by atoms with Gasteiger partial charge in [0.1, 0.15) is 35.8 Å². The van der Waals surface area contributed by atoms with E-state index in [1.54, 1.807) is 30.3 Å². The number of fused-ring (bicyclic) bond motifs is 1. The zero-order chi connectivity index (χ0) is 20.9. The van der Waals surface area contributed by atoms with Crippen LogP contribution in [0.4, 0.5) is 8.78 Å². The number of hydrogen-bond acceptors (Lipinski definition) is 5. The van der Waals surface area contributed by atoms with E-state index in [4.69, 9.17) is 9.26 Å². The number of nitrogens with zero attached hydrogens (tertiary/aromatic N) is 1. The van der Waals surface area contributed by atoms with Gasteiger partial charge in [0, 0.05) is 30.1 Å². The van der Waals surface area contributed by atoms with E-state index in [9.17, 15) is 13.9 Å². The topological polar surface area (TPSA) is 67.5 Å². The van der Waals surface area contributed by atoms with Gasteiger partial charge >= 0.3 is 0 Å². The molecule has 7 heteroatoms. The van der Waals surface area contributed by atoms with Crippen LogP contribution in [-0.2, 0) is 6.54 Å². The molecule has 0 aliphatic heterocycles. The first-order valence-electron chi connectivity index (χ1n) is 9.50. The third kappa shape index (κ3) is 4.82. The van der Waals surface area contributed by atoms with Crippen molar-refractivity contribution in [2.45, 2.75) is 12.6 Å². The Bertz CT molecular complexity index is 1110. The van der Waals surface area contributed by atoms with E-state index in [0.29, 0.717) is 30.1 Å². The first-order chi connectivity index (χ1) is 14.6. The standard InChI is InChI=1S/C23H20F2N2O3/c24-17-5-1-15(2-6-17)12-26-13-19(28)14-29-20-8-3-16(4-9-20)23-21-10-7-18(25)11-22(21)30-27-23/h1-11,19,26,28H,12-14H2/t19-/m1/s1. The molecule has 154 valence electrons. The second-order valence-corrected chi connectivity index (χ2v) is 6.92. The summed E-state index contributed by atoms with van der Waals surface area (Å²) in [6.45, 7) is 1.00. The van der Waals surface area contributed by atoms with Gasteiger partial charge in [0.05, 0.1) is 0 Å². The van der Waals surface area contributed by atoms with Crippen LogP contribution in [0, 0.1) is 11.6 Å². The highest BCUT2D eigenvalue weighted by Gasteiger charge is 2.11. The molecule has 0 spiro atoms. The fourth-order valence-electron chi connectivity index (χ4n) is 3.07. The van der Waals surface area contributed by atoms with Crippen LogP contribution >= 0.6 is 0 Å². The van der Waals surface area contributed by atoms with Crippen LogP contribution in [0.15, 0.2) is 71.3 Å². The molecule has 1 aromatic heterocycles. The van der Waals surface area contributed by atoms with Crippen molar-refractivity contribution in [3.8, 4) is 17.0 Å². The van der Waals surface area contributed by atoms with Crippen molar-refractivity contribution in [1.82, 2.24) is 10.5 Å². The Balaban J connectivity index is 1.28. The van der Waals surface area contributed by atoms with Gasteiger partial charge in [-0.3, -0.25) is 0 Å². The van der Waals surface area contributed by atoms with Crippen molar-refractivity contribution < 1.29 is 23.1 Å². The fraction of sp³-hybridized carbons (Fsp3) is 0.174. The van der Waals surface area contributed by atoms with Gasteiger partial charge in [-0.05, 0) is 54.1 Å². The Kier molecular flexibility index (Phi) is 6.02. The summed E-state index contributed by atoms with van der Waals surface area (Å²) in [5.74, 6) is -0.0429. The minimum absolute atomic E-state index is 0.127. The lowest BCUT2D eigenvalue weighted by Crippen LogP contribution is -2.31.